The predicted octanol–water partition coefficient (Wildman–Crippen LogP) is -0.121. The van der Waals surface area contributed by atoms with Gasteiger partial charge in [0.15, 0.2) is 0 Å². The smallest absolute Gasteiger partial charge is 0.545 e. The van der Waals surface area contributed by atoms with E-state index in [1.54, 1.807) is 38.1 Å². The van der Waals surface area contributed by atoms with Crippen LogP contribution in [0.25, 0.3) is 0 Å². The molecular formula is C16H16CuN2O4. The van der Waals surface area contributed by atoms with Gasteiger partial charge in [-0.3, -0.25) is 0 Å². The normalized spacial score (nSPS) is 9.13. The van der Waals surface area contributed by atoms with Gasteiger partial charge in [0.25, 0.3) is 0 Å². The molecule has 0 aliphatic carbocycles. The second kappa shape index (κ2) is 8.82. The summed E-state index contributed by atoms with van der Waals surface area (Å²) >= 11 is 0. The summed E-state index contributed by atoms with van der Waals surface area (Å²) in [7, 11) is 0. The number of benzene rings is 2. The van der Waals surface area contributed by atoms with Gasteiger partial charge in [0.1, 0.15) is 0 Å². The van der Waals surface area contributed by atoms with Gasteiger partial charge in [-0.15, -0.1) is 0 Å². The Kier molecular flexibility index (Phi) is 7.87. The molecule has 0 fully saturated rings. The Morgan fingerprint density at radius 3 is 1.30 bits per heavy atom. The molecule has 0 saturated carbocycles. The first-order valence-corrected chi connectivity index (χ1v) is 6.37. The molecule has 0 spiro atoms. The minimum absolute atomic E-state index is 0. The summed E-state index contributed by atoms with van der Waals surface area (Å²) < 4.78 is 0. The Balaban J connectivity index is 0.000000403. The first kappa shape index (κ1) is 20.5. The zero-order valence-corrected chi connectivity index (χ0v) is 13.5. The molecule has 7 heteroatoms. The number of rotatable bonds is 2. The minimum atomic E-state index is -1.23. The summed E-state index contributed by atoms with van der Waals surface area (Å²) in [5.41, 5.74) is 13.1. The Hall–Kier alpha value is -2.50. The van der Waals surface area contributed by atoms with E-state index in [0.717, 1.165) is 11.1 Å². The van der Waals surface area contributed by atoms with Gasteiger partial charge in [-0.05, 0) is 38.1 Å². The van der Waals surface area contributed by atoms with Gasteiger partial charge in [0, 0.05) is 22.5 Å². The Morgan fingerprint density at radius 1 is 0.783 bits per heavy atom. The van der Waals surface area contributed by atoms with Gasteiger partial charge in [-0.1, -0.05) is 23.3 Å². The number of carboxylic acids is 2. The predicted molar refractivity (Wildman–Crippen MR) is 79.8 cm³/mol. The van der Waals surface area contributed by atoms with Crippen molar-refractivity contribution in [2.45, 2.75) is 13.8 Å². The van der Waals surface area contributed by atoms with Gasteiger partial charge in [-0.25, -0.2) is 0 Å². The molecule has 6 nitrogen and oxygen atoms in total. The van der Waals surface area contributed by atoms with Crippen molar-refractivity contribution in [3.63, 3.8) is 0 Å². The van der Waals surface area contributed by atoms with Crippen molar-refractivity contribution in [3.8, 4) is 0 Å². The number of carbonyl (C=O) groups is 2. The summed E-state index contributed by atoms with van der Waals surface area (Å²) in [6, 6.07) is 9.60. The van der Waals surface area contributed by atoms with Crippen molar-refractivity contribution in [3.05, 3.63) is 58.7 Å². The van der Waals surface area contributed by atoms with Gasteiger partial charge >= 0.3 is 17.1 Å². The quantitative estimate of drug-likeness (QED) is 0.564. The zero-order valence-electron chi connectivity index (χ0n) is 12.6. The average Bonchev–Trinajstić information content (AvgIpc) is 2.44. The third-order valence-corrected chi connectivity index (χ3v) is 2.86. The van der Waals surface area contributed by atoms with Crippen molar-refractivity contribution >= 4 is 23.3 Å². The Labute approximate surface area is 144 Å². The number of nitrogen functional groups attached to an aromatic ring is 2. The van der Waals surface area contributed by atoms with Crippen LogP contribution in [-0.4, -0.2) is 11.9 Å². The average molecular weight is 364 g/mol. The van der Waals surface area contributed by atoms with E-state index in [-0.39, 0.29) is 39.6 Å². The first-order chi connectivity index (χ1) is 10.2. The third-order valence-electron chi connectivity index (χ3n) is 2.86. The van der Waals surface area contributed by atoms with Gasteiger partial charge in [-0.2, -0.15) is 0 Å². The van der Waals surface area contributed by atoms with Crippen LogP contribution in [0.1, 0.15) is 31.8 Å². The van der Waals surface area contributed by atoms with Crippen LogP contribution in [0.15, 0.2) is 36.4 Å². The first-order valence-electron chi connectivity index (χ1n) is 6.37. The molecule has 0 aliphatic heterocycles. The molecule has 0 heterocycles. The number of aryl methyl sites for hydroxylation is 2. The number of anilines is 2. The van der Waals surface area contributed by atoms with E-state index < -0.39 is 11.9 Å². The second-order valence-electron chi connectivity index (χ2n) is 4.76. The van der Waals surface area contributed by atoms with E-state index in [9.17, 15) is 19.8 Å². The molecule has 2 aromatic carbocycles. The largest absolute Gasteiger partial charge is 2.00 e. The maximum absolute atomic E-state index is 10.4. The summed E-state index contributed by atoms with van der Waals surface area (Å²) in [5.74, 6) is -2.46. The second-order valence-corrected chi connectivity index (χ2v) is 4.76. The fourth-order valence-corrected chi connectivity index (χ4v) is 1.69. The monoisotopic (exact) mass is 363 g/mol. The molecular weight excluding hydrogens is 348 g/mol. The molecule has 0 aliphatic rings. The van der Waals surface area contributed by atoms with Gasteiger partial charge < -0.3 is 31.3 Å². The van der Waals surface area contributed by atoms with Crippen LogP contribution in [0.4, 0.5) is 11.4 Å². The fraction of sp³-hybridized carbons (Fsp3) is 0.125. The molecule has 0 amide bonds. The van der Waals surface area contributed by atoms with Crippen molar-refractivity contribution in [2.24, 2.45) is 0 Å². The van der Waals surface area contributed by atoms with Crippen molar-refractivity contribution < 1.29 is 36.9 Å². The van der Waals surface area contributed by atoms with Crippen molar-refractivity contribution in [1.82, 2.24) is 0 Å². The van der Waals surface area contributed by atoms with E-state index >= 15 is 0 Å². The Bertz CT molecular complexity index is 656. The molecule has 2 rings (SSSR count). The van der Waals surface area contributed by atoms with E-state index in [2.05, 4.69) is 0 Å². The standard InChI is InChI=1S/2C8H9NO2.Cu/c2*1-5-2-3-7(9)6(4-5)8(10)11;/h2*2-4H,9H2,1H3,(H,10,11);/q;;+2/p-2. The number of nitrogens with two attached hydrogens (primary N) is 2. The molecule has 1 radical (unpaired) electrons. The number of hydrogen-bond acceptors (Lipinski definition) is 6. The SMILES string of the molecule is Cc1ccc(N)c(C(=O)[O-])c1.Cc1ccc(N)c(C(=O)[O-])c1.[Cu+2]. The van der Waals surface area contributed by atoms with Crippen molar-refractivity contribution in [2.75, 3.05) is 11.5 Å². The summed E-state index contributed by atoms with van der Waals surface area (Å²) in [4.78, 5) is 20.8. The molecule has 125 valence electrons. The van der Waals surface area contributed by atoms with Crippen LogP contribution in [0.2, 0.25) is 0 Å². The van der Waals surface area contributed by atoms with Gasteiger partial charge in [0.05, 0.1) is 11.9 Å². The number of carbonyl (C=O) groups excluding carboxylic acids is 2. The van der Waals surface area contributed by atoms with Crippen LogP contribution >= 0.6 is 0 Å². The van der Waals surface area contributed by atoms with Crippen molar-refractivity contribution in [1.29, 1.82) is 0 Å². The maximum atomic E-state index is 10.4. The van der Waals surface area contributed by atoms with E-state index in [1.165, 1.54) is 12.1 Å². The fourth-order valence-electron chi connectivity index (χ4n) is 1.69. The van der Waals surface area contributed by atoms with Crippen LogP contribution in [-0.2, 0) is 17.1 Å². The third kappa shape index (κ3) is 6.02. The van der Waals surface area contributed by atoms with Crippen LogP contribution in [0.3, 0.4) is 0 Å². The van der Waals surface area contributed by atoms with E-state index in [1.807, 2.05) is 0 Å². The number of carboxylic acid groups (broad SMARTS) is 2. The molecule has 0 unspecified atom stereocenters. The maximum Gasteiger partial charge on any atom is 2.00 e. The molecule has 0 saturated heterocycles. The summed E-state index contributed by atoms with van der Waals surface area (Å²) in [6.45, 7) is 3.60. The van der Waals surface area contributed by atoms with Gasteiger partial charge in [0.2, 0.25) is 0 Å². The summed E-state index contributed by atoms with van der Waals surface area (Å²) in [5, 5.41) is 20.8. The van der Waals surface area contributed by atoms with Crippen LogP contribution < -0.4 is 21.7 Å². The molecule has 2 aromatic rings. The van der Waals surface area contributed by atoms with Crippen LogP contribution in [0.5, 0.6) is 0 Å². The van der Waals surface area contributed by atoms with Crippen LogP contribution in [0, 0.1) is 13.8 Å². The molecule has 4 N–H and O–H groups in total. The molecule has 0 atom stereocenters. The zero-order chi connectivity index (χ0) is 16.9. The summed E-state index contributed by atoms with van der Waals surface area (Å²) in [6.07, 6.45) is 0. The van der Waals surface area contributed by atoms with E-state index in [4.69, 9.17) is 11.5 Å². The number of aromatic carboxylic acids is 2. The Morgan fingerprint density at radius 2 is 1.09 bits per heavy atom. The minimum Gasteiger partial charge on any atom is -0.545 e. The van der Waals surface area contributed by atoms with E-state index in [0.29, 0.717) is 0 Å². The number of hydrogen-bond donors (Lipinski definition) is 2. The molecule has 23 heavy (non-hydrogen) atoms. The molecule has 0 bridgehead atoms. The topological polar surface area (TPSA) is 132 Å². The molecule has 0 aromatic heterocycles.